The van der Waals surface area contributed by atoms with E-state index in [4.69, 9.17) is 21.0 Å². The van der Waals surface area contributed by atoms with Crippen molar-refractivity contribution in [1.82, 2.24) is 9.55 Å². The van der Waals surface area contributed by atoms with Gasteiger partial charge in [0.15, 0.2) is 5.78 Å². The summed E-state index contributed by atoms with van der Waals surface area (Å²) < 4.78 is 7.73. The van der Waals surface area contributed by atoms with Crippen molar-refractivity contribution in [1.29, 1.82) is 0 Å². The number of nitrogens with one attached hydrogen (secondary N) is 1. The molecule has 0 saturated heterocycles. The smallest absolute Gasteiger partial charge is 0.209 e. The van der Waals surface area contributed by atoms with E-state index >= 15 is 0 Å². The van der Waals surface area contributed by atoms with Crippen molar-refractivity contribution in [2.75, 3.05) is 5.32 Å². The fourth-order valence-corrected chi connectivity index (χ4v) is 4.84. The first-order valence-corrected chi connectivity index (χ1v) is 10.4. The minimum Gasteiger partial charge on any atom is -0.469 e. The van der Waals surface area contributed by atoms with E-state index in [1.807, 2.05) is 60.7 Å². The number of ketones is 1. The zero-order valence-corrected chi connectivity index (χ0v) is 16.8. The van der Waals surface area contributed by atoms with Gasteiger partial charge in [-0.15, -0.1) is 0 Å². The Kier molecular flexibility index (Phi) is 3.86. The van der Waals surface area contributed by atoms with Crippen molar-refractivity contribution >= 4 is 34.4 Å². The monoisotopic (exact) mass is 415 g/mol. The number of para-hydroxylation sites is 2. The Morgan fingerprint density at radius 3 is 2.67 bits per heavy atom. The number of fused-ring (bicyclic) bond motifs is 3. The second-order valence-electron chi connectivity index (χ2n) is 7.81. The molecule has 2 aromatic carbocycles. The van der Waals surface area contributed by atoms with Crippen LogP contribution in [0.5, 0.6) is 0 Å². The summed E-state index contributed by atoms with van der Waals surface area (Å²) in [6.07, 6.45) is 2.80. The number of carbonyl (C=O) groups excluding carboxylic acids is 1. The molecule has 0 radical (unpaired) electrons. The first-order valence-electron chi connectivity index (χ1n) is 9.98. The normalized spacial score (nSPS) is 20.8. The van der Waals surface area contributed by atoms with Gasteiger partial charge in [-0.3, -0.25) is 9.36 Å². The van der Waals surface area contributed by atoms with Crippen LogP contribution < -0.4 is 5.32 Å². The lowest BCUT2D eigenvalue weighted by molar-refractivity contribution is -0.116. The molecule has 6 rings (SSSR count). The molecule has 2 unspecified atom stereocenters. The molecular formula is C24H18ClN3O2. The number of imidazole rings is 1. The molecule has 30 heavy (non-hydrogen) atoms. The third-order valence-corrected chi connectivity index (χ3v) is 6.28. The van der Waals surface area contributed by atoms with E-state index in [1.54, 1.807) is 6.26 Å². The summed E-state index contributed by atoms with van der Waals surface area (Å²) in [5.41, 5.74) is 4.63. The van der Waals surface area contributed by atoms with Crippen molar-refractivity contribution < 1.29 is 9.21 Å². The molecule has 0 amide bonds. The summed E-state index contributed by atoms with van der Waals surface area (Å²) >= 11 is 6.15. The van der Waals surface area contributed by atoms with Crippen LogP contribution >= 0.6 is 11.6 Å². The number of hydrogen-bond donors (Lipinski definition) is 1. The van der Waals surface area contributed by atoms with Gasteiger partial charge in [-0.1, -0.05) is 35.9 Å². The minimum absolute atomic E-state index is 0.0283. The third-order valence-electron chi connectivity index (χ3n) is 6.03. The average Bonchev–Trinajstić information content (AvgIpc) is 3.41. The minimum atomic E-state index is -0.244. The van der Waals surface area contributed by atoms with Gasteiger partial charge < -0.3 is 9.73 Å². The van der Waals surface area contributed by atoms with Crippen molar-refractivity contribution in [2.24, 2.45) is 0 Å². The van der Waals surface area contributed by atoms with Gasteiger partial charge in [-0.25, -0.2) is 4.98 Å². The number of hydrogen-bond acceptors (Lipinski definition) is 4. The number of allylic oxidation sites excluding steroid dienone is 2. The van der Waals surface area contributed by atoms with Gasteiger partial charge in [-0.2, -0.15) is 0 Å². The second kappa shape index (κ2) is 6.61. The highest BCUT2D eigenvalue weighted by atomic mass is 35.5. The highest BCUT2D eigenvalue weighted by molar-refractivity contribution is 6.30. The summed E-state index contributed by atoms with van der Waals surface area (Å²) in [4.78, 5) is 18.3. The number of aromatic nitrogens is 2. The lowest BCUT2D eigenvalue weighted by Gasteiger charge is -2.36. The largest absolute Gasteiger partial charge is 0.469 e. The molecular weight excluding hydrogens is 398 g/mol. The van der Waals surface area contributed by atoms with E-state index in [-0.39, 0.29) is 17.7 Å². The highest BCUT2D eigenvalue weighted by Crippen LogP contribution is 2.46. The molecule has 6 heteroatoms. The maximum absolute atomic E-state index is 13.5. The zero-order valence-electron chi connectivity index (χ0n) is 16.0. The van der Waals surface area contributed by atoms with Crippen molar-refractivity contribution in [3.63, 3.8) is 0 Å². The van der Waals surface area contributed by atoms with Crippen LogP contribution in [0.25, 0.3) is 11.0 Å². The van der Waals surface area contributed by atoms with Gasteiger partial charge in [0.05, 0.1) is 23.3 Å². The molecule has 2 aliphatic rings. The van der Waals surface area contributed by atoms with E-state index in [0.29, 0.717) is 17.9 Å². The Morgan fingerprint density at radius 2 is 1.87 bits per heavy atom. The molecule has 5 nitrogen and oxygen atoms in total. The molecule has 2 aromatic heterocycles. The number of furan rings is 1. The van der Waals surface area contributed by atoms with Crippen LogP contribution in [0.4, 0.5) is 5.95 Å². The molecule has 1 N–H and O–H groups in total. The molecule has 2 atom stereocenters. The zero-order chi connectivity index (χ0) is 20.2. The highest BCUT2D eigenvalue weighted by Gasteiger charge is 2.40. The van der Waals surface area contributed by atoms with Crippen LogP contribution in [-0.4, -0.2) is 15.3 Å². The fourth-order valence-electron chi connectivity index (χ4n) is 4.71. The topological polar surface area (TPSA) is 60.1 Å². The van der Waals surface area contributed by atoms with E-state index in [2.05, 4.69) is 9.88 Å². The number of benzene rings is 2. The lowest BCUT2D eigenvalue weighted by Crippen LogP contribution is -2.33. The van der Waals surface area contributed by atoms with Gasteiger partial charge in [0.2, 0.25) is 5.95 Å². The van der Waals surface area contributed by atoms with Crippen LogP contribution in [0.2, 0.25) is 5.02 Å². The summed E-state index contributed by atoms with van der Waals surface area (Å²) in [5, 5.41) is 4.14. The standard InChI is InChI=1S/C24H18ClN3O2/c25-16-9-7-14(8-10-16)23-22-18(12-15(13-20(22)29)21-6-3-11-30-21)27-24-26-17-4-1-2-5-19(17)28(23)24/h1-11,15,23H,12-13H2,(H,26,27). The average molecular weight is 416 g/mol. The fraction of sp³-hybridized carbons (Fsp3) is 0.167. The van der Waals surface area contributed by atoms with E-state index in [1.165, 1.54) is 0 Å². The molecule has 4 aromatic rings. The van der Waals surface area contributed by atoms with E-state index in [0.717, 1.165) is 39.6 Å². The molecule has 0 fully saturated rings. The molecule has 0 saturated carbocycles. The van der Waals surface area contributed by atoms with Crippen LogP contribution in [0.1, 0.15) is 36.1 Å². The van der Waals surface area contributed by atoms with Crippen LogP contribution in [0.3, 0.4) is 0 Å². The molecule has 0 bridgehead atoms. The quantitative estimate of drug-likeness (QED) is 0.456. The van der Waals surface area contributed by atoms with Crippen LogP contribution in [0.15, 0.2) is 82.6 Å². The van der Waals surface area contributed by atoms with Gasteiger partial charge in [0, 0.05) is 28.6 Å². The third kappa shape index (κ3) is 2.62. The van der Waals surface area contributed by atoms with E-state index in [9.17, 15) is 4.79 Å². The number of nitrogens with zero attached hydrogens (tertiary/aromatic N) is 2. The Morgan fingerprint density at radius 1 is 1.03 bits per heavy atom. The SMILES string of the molecule is O=C1CC(c2ccco2)CC2=C1C(c1ccc(Cl)cc1)n1c(nc3ccccc31)N2. The molecule has 0 spiro atoms. The Hall–Kier alpha value is -3.31. The number of halogens is 1. The second-order valence-corrected chi connectivity index (χ2v) is 8.25. The predicted octanol–water partition coefficient (Wildman–Crippen LogP) is 5.70. The molecule has 1 aliphatic carbocycles. The summed E-state index contributed by atoms with van der Waals surface area (Å²) in [6.45, 7) is 0. The van der Waals surface area contributed by atoms with Crippen molar-refractivity contribution in [2.45, 2.75) is 24.8 Å². The van der Waals surface area contributed by atoms with E-state index < -0.39 is 0 Å². The number of rotatable bonds is 2. The summed E-state index contributed by atoms with van der Waals surface area (Å²) in [5.74, 6) is 1.76. The number of carbonyl (C=O) groups is 1. The maximum Gasteiger partial charge on any atom is 0.209 e. The number of anilines is 1. The van der Waals surface area contributed by atoms with Gasteiger partial charge >= 0.3 is 0 Å². The first kappa shape index (κ1) is 17.5. The van der Waals surface area contributed by atoms with Crippen molar-refractivity contribution in [3.05, 3.63) is 94.5 Å². The molecule has 148 valence electrons. The predicted molar refractivity (Wildman–Crippen MR) is 116 cm³/mol. The Bertz CT molecular complexity index is 1300. The number of Topliss-reactive ketones (excluding diaryl/α,β-unsaturated/α-hetero) is 1. The Balaban J connectivity index is 1.55. The molecule has 3 heterocycles. The Labute approximate surface area is 178 Å². The van der Waals surface area contributed by atoms with Gasteiger partial charge in [-0.05, 0) is 48.4 Å². The van der Waals surface area contributed by atoms with Crippen LogP contribution in [-0.2, 0) is 4.79 Å². The summed E-state index contributed by atoms with van der Waals surface area (Å²) in [7, 11) is 0. The van der Waals surface area contributed by atoms with Gasteiger partial charge in [0.1, 0.15) is 5.76 Å². The maximum atomic E-state index is 13.5. The van der Waals surface area contributed by atoms with Crippen molar-refractivity contribution in [3.8, 4) is 0 Å². The van der Waals surface area contributed by atoms with Gasteiger partial charge in [0.25, 0.3) is 0 Å². The summed E-state index contributed by atoms with van der Waals surface area (Å²) in [6, 6.07) is 19.3. The van der Waals surface area contributed by atoms with Crippen LogP contribution in [0, 0.1) is 0 Å². The lowest BCUT2D eigenvalue weighted by atomic mass is 9.79. The first-order chi connectivity index (χ1) is 14.7. The molecule has 1 aliphatic heterocycles.